The third-order valence-electron chi connectivity index (χ3n) is 4.42. The molecule has 2 N–H and O–H groups in total. The lowest BCUT2D eigenvalue weighted by atomic mass is 9.94. The quantitative estimate of drug-likeness (QED) is 0.866. The van der Waals surface area contributed by atoms with E-state index < -0.39 is 5.54 Å². The third kappa shape index (κ3) is 2.67. The first-order chi connectivity index (χ1) is 9.10. The summed E-state index contributed by atoms with van der Waals surface area (Å²) < 4.78 is 0. The van der Waals surface area contributed by atoms with Crippen molar-refractivity contribution < 1.29 is 4.79 Å². The zero-order valence-corrected chi connectivity index (χ0v) is 13.0. The number of hydrogen-bond acceptors (Lipinski definition) is 2. The van der Waals surface area contributed by atoms with E-state index in [1.54, 1.807) is 0 Å². The summed E-state index contributed by atoms with van der Waals surface area (Å²) in [6.45, 7) is 1.38. The van der Waals surface area contributed by atoms with Crippen molar-refractivity contribution in [2.24, 2.45) is 5.73 Å². The van der Waals surface area contributed by atoms with Crippen LogP contribution >= 0.6 is 24.0 Å². The van der Waals surface area contributed by atoms with E-state index in [0.717, 1.165) is 49.2 Å². The second-order valence-electron chi connectivity index (χ2n) is 5.72. The van der Waals surface area contributed by atoms with Crippen LogP contribution in [0, 0.1) is 0 Å². The molecule has 1 amide bonds. The number of hydrogen-bond donors (Lipinski definition) is 1. The molecule has 3 rings (SSSR count). The van der Waals surface area contributed by atoms with Crippen molar-refractivity contribution in [3.8, 4) is 0 Å². The van der Waals surface area contributed by atoms with Gasteiger partial charge >= 0.3 is 0 Å². The van der Waals surface area contributed by atoms with Crippen LogP contribution in [0.4, 0.5) is 0 Å². The highest BCUT2D eigenvalue weighted by molar-refractivity contribution is 6.31. The largest absolute Gasteiger partial charge is 0.336 e. The summed E-state index contributed by atoms with van der Waals surface area (Å²) in [5.41, 5.74) is 8.00. The second kappa shape index (κ2) is 5.92. The fourth-order valence-corrected chi connectivity index (χ4v) is 3.56. The normalized spacial score (nSPS) is 20.2. The standard InChI is InChI=1S/C15H19ClN2O.ClH/c16-13-5-3-4-11-10-18(9-6-12(11)13)14(19)15(17)7-1-2-8-15;/h3-5H,1-2,6-10,17H2;1H. The molecular formula is C15H20Cl2N2O. The fraction of sp³-hybridized carbons (Fsp3) is 0.533. The molecule has 1 aliphatic heterocycles. The minimum absolute atomic E-state index is 0. The van der Waals surface area contributed by atoms with Crippen LogP contribution in [0.3, 0.4) is 0 Å². The van der Waals surface area contributed by atoms with Crippen molar-refractivity contribution >= 4 is 29.9 Å². The van der Waals surface area contributed by atoms with Gasteiger partial charge in [0.1, 0.15) is 0 Å². The van der Waals surface area contributed by atoms with Gasteiger partial charge in [0.15, 0.2) is 0 Å². The Morgan fingerprint density at radius 2 is 2.00 bits per heavy atom. The van der Waals surface area contributed by atoms with Crippen LogP contribution in [-0.4, -0.2) is 22.9 Å². The summed E-state index contributed by atoms with van der Waals surface area (Å²) >= 11 is 6.20. The molecule has 1 aromatic rings. The first kappa shape index (κ1) is 15.6. The van der Waals surface area contributed by atoms with Crippen LogP contribution in [0.25, 0.3) is 0 Å². The maximum absolute atomic E-state index is 12.6. The molecule has 110 valence electrons. The highest BCUT2D eigenvalue weighted by Crippen LogP contribution is 2.32. The van der Waals surface area contributed by atoms with E-state index in [4.69, 9.17) is 17.3 Å². The Labute approximate surface area is 130 Å². The number of rotatable bonds is 1. The van der Waals surface area contributed by atoms with Crippen molar-refractivity contribution in [1.29, 1.82) is 0 Å². The molecule has 1 fully saturated rings. The fourth-order valence-electron chi connectivity index (χ4n) is 3.27. The Hall–Kier alpha value is -0.770. The molecule has 0 atom stereocenters. The van der Waals surface area contributed by atoms with Crippen molar-refractivity contribution in [3.05, 3.63) is 34.3 Å². The van der Waals surface area contributed by atoms with Gasteiger partial charge in [-0.25, -0.2) is 0 Å². The van der Waals surface area contributed by atoms with E-state index in [2.05, 4.69) is 6.07 Å². The van der Waals surface area contributed by atoms with Gasteiger partial charge < -0.3 is 10.6 Å². The molecule has 1 saturated carbocycles. The van der Waals surface area contributed by atoms with Crippen LogP contribution in [-0.2, 0) is 17.8 Å². The number of halogens is 2. The molecule has 5 heteroatoms. The molecule has 1 aromatic carbocycles. The van der Waals surface area contributed by atoms with Gasteiger partial charge in [-0.2, -0.15) is 0 Å². The van der Waals surface area contributed by atoms with E-state index in [1.807, 2.05) is 17.0 Å². The first-order valence-corrected chi connectivity index (χ1v) is 7.32. The molecular weight excluding hydrogens is 295 g/mol. The zero-order chi connectivity index (χ0) is 13.5. The highest BCUT2D eigenvalue weighted by Gasteiger charge is 2.40. The number of carbonyl (C=O) groups is 1. The number of carbonyl (C=O) groups excluding carboxylic acids is 1. The van der Waals surface area contributed by atoms with E-state index in [0.29, 0.717) is 6.54 Å². The third-order valence-corrected chi connectivity index (χ3v) is 4.77. The topological polar surface area (TPSA) is 46.3 Å². The predicted octanol–water partition coefficient (Wildman–Crippen LogP) is 2.92. The molecule has 0 bridgehead atoms. The van der Waals surface area contributed by atoms with Crippen molar-refractivity contribution in [3.63, 3.8) is 0 Å². The van der Waals surface area contributed by atoms with Gasteiger partial charge in [0.25, 0.3) is 0 Å². The summed E-state index contributed by atoms with van der Waals surface area (Å²) in [7, 11) is 0. The minimum Gasteiger partial charge on any atom is -0.336 e. The lowest BCUT2D eigenvalue weighted by Crippen LogP contribution is -2.54. The average molecular weight is 315 g/mol. The maximum atomic E-state index is 12.6. The van der Waals surface area contributed by atoms with Gasteiger partial charge in [-0.05, 0) is 36.5 Å². The number of amides is 1. The Bertz CT molecular complexity index is 513. The van der Waals surface area contributed by atoms with Gasteiger partial charge in [-0.1, -0.05) is 36.6 Å². The van der Waals surface area contributed by atoms with Crippen LogP contribution in [0.1, 0.15) is 36.8 Å². The molecule has 0 aromatic heterocycles. The second-order valence-corrected chi connectivity index (χ2v) is 6.12. The van der Waals surface area contributed by atoms with Crippen LogP contribution in [0.15, 0.2) is 18.2 Å². The molecule has 3 nitrogen and oxygen atoms in total. The Kier molecular flexibility index (Phi) is 4.62. The monoisotopic (exact) mass is 314 g/mol. The maximum Gasteiger partial charge on any atom is 0.242 e. The number of benzene rings is 1. The summed E-state index contributed by atoms with van der Waals surface area (Å²) in [6.07, 6.45) is 4.61. The highest BCUT2D eigenvalue weighted by atomic mass is 35.5. The summed E-state index contributed by atoms with van der Waals surface area (Å²) in [5.74, 6) is 0.121. The van der Waals surface area contributed by atoms with Gasteiger partial charge in [0, 0.05) is 18.1 Å². The lowest BCUT2D eigenvalue weighted by molar-refractivity contribution is -0.137. The molecule has 1 heterocycles. The van der Waals surface area contributed by atoms with Gasteiger partial charge in [-0.15, -0.1) is 12.4 Å². The molecule has 1 aliphatic carbocycles. The summed E-state index contributed by atoms with van der Waals surface area (Å²) in [6, 6.07) is 5.92. The Morgan fingerprint density at radius 3 is 2.70 bits per heavy atom. The molecule has 0 saturated heterocycles. The summed E-state index contributed by atoms with van der Waals surface area (Å²) in [5, 5.41) is 0.813. The Balaban J connectivity index is 0.00000147. The van der Waals surface area contributed by atoms with Crippen LogP contribution in [0.2, 0.25) is 5.02 Å². The molecule has 0 spiro atoms. The van der Waals surface area contributed by atoms with E-state index in [9.17, 15) is 4.79 Å². The van der Waals surface area contributed by atoms with Gasteiger partial charge in [-0.3, -0.25) is 4.79 Å². The van der Waals surface area contributed by atoms with E-state index in [1.165, 1.54) is 5.56 Å². The van der Waals surface area contributed by atoms with Crippen molar-refractivity contribution in [2.75, 3.05) is 6.54 Å². The van der Waals surface area contributed by atoms with Crippen LogP contribution < -0.4 is 5.73 Å². The molecule has 20 heavy (non-hydrogen) atoms. The zero-order valence-electron chi connectivity index (χ0n) is 11.4. The molecule has 0 unspecified atom stereocenters. The lowest BCUT2D eigenvalue weighted by Gasteiger charge is -2.35. The average Bonchev–Trinajstić information content (AvgIpc) is 2.86. The van der Waals surface area contributed by atoms with Gasteiger partial charge in [0.2, 0.25) is 5.91 Å². The van der Waals surface area contributed by atoms with E-state index >= 15 is 0 Å². The van der Waals surface area contributed by atoms with Gasteiger partial charge in [0.05, 0.1) is 5.54 Å². The smallest absolute Gasteiger partial charge is 0.242 e. The van der Waals surface area contributed by atoms with E-state index in [-0.39, 0.29) is 18.3 Å². The first-order valence-electron chi connectivity index (χ1n) is 6.95. The van der Waals surface area contributed by atoms with Crippen molar-refractivity contribution in [2.45, 2.75) is 44.2 Å². The minimum atomic E-state index is -0.615. The number of nitrogens with two attached hydrogens (primary N) is 1. The molecule has 0 radical (unpaired) electrons. The van der Waals surface area contributed by atoms with Crippen molar-refractivity contribution in [1.82, 2.24) is 4.90 Å². The number of fused-ring (bicyclic) bond motifs is 1. The summed E-state index contributed by atoms with van der Waals surface area (Å²) in [4.78, 5) is 14.5. The van der Waals surface area contributed by atoms with Crippen LogP contribution in [0.5, 0.6) is 0 Å². The SMILES string of the molecule is Cl.NC1(C(=O)N2CCc3c(Cl)cccc3C2)CCCC1. The Morgan fingerprint density at radius 1 is 1.30 bits per heavy atom. The predicted molar refractivity (Wildman–Crippen MR) is 83.2 cm³/mol. The molecule has 2 aliphatic rings. The number of nitrogens with zero attached hydrogens (tertiary/aromatic N) is 1.